The van der Waals surface area contributed by atoms with Gasteiger partial charge in [-0.3, -0.25) is 0 Å². The number of aromatic amines is 1. The minimum absolute atomic E-state index is 0.0284. The molecule has 0 aliphatic carbocycles. The number of H-pyrrole nitrogens is 1. The molecule has 1 aromatic heterocycles. The van der Waals surface area contributed by atoms with Crippen LogP contribution in [0.25, 0.3) is 11.3 Å². The molecule has 0 saturated carbocycles. The van der Waals surface area contributed by atoms with Gasteiger partial charge in [-0.1, -0.05) is 11.6 Å². The van der Waals surface area contributed by atoms with Gasteiger partial charge in [0.25, 0.3) is 0 Å². The second kappa shape index (κ2) is 3.34. The average molecular weight is 216 g/mol. The Labute approximate surface area is 82.7 Å². The molecule has 0 bridgehead atoms. The van der Waals surface area contributed by atoms with Gasteiger partial charge in [-0.05, 0) is 12.1 Å². The van der Waals surface area contributed by atoms with Crippen molar-refractivity contribution in [3.63, 3.8) is 0 Å². The molecule has 14 heavy (non-hydrogen) atoms. The van der Waals surface area contributed by atoms with E-state index in [1.54, 1.807) is 0 Å². The minimum Gasteiger partial charge on any atom is -0.203 e. The minimum atomic E-state index is -1.08. The van der Waals surface area contributed by atoms with Gasteiger partial charge < -0.3 is 0 Å². The second-order valence-electron chi connectivity index (χ2n) is 2.58. The lowest BCUT2D eigenvalue weighted by Crippen LogP contribution is -1.90. The van der Waals surface area contributed by atoms with Crippen LogP contribution in [0.5, 0.6) is 0 Å². The summed E-state index contributed by atoms with van der Waals surface area (Å²) < 4.78 is 26.3. The number of benzene rings is 1. The number of halogens is 3. The van der Waals surface area contributed by atoms with Crippen molar-refractivity contribution < 1.29 is 8.78 Å². The summed E-state index contributed by atoms with van der Waals surface area (Å²) in [6.07, 6.45) is 1.30. The Hall–Kier alpha value is -1.49. The van der Waals surface area contributed by atoms with E-state index >= 15 is 0 Å². The molecule has 6 heteroatoms. The lowest BCUT2D eigenvalue weighted by Gasteiger charge is -2.00. The zero-order valence-electron chi connectivity index (χ0n) is 6.76. The largest absolute Gasteiger partial charge is 0.203 e. The summed E-state index contributed by atoms with van der Waals surface area (Å²) in [4.78, 5) is 0. The normalized spacial score (nSPS) is 10.5. The van der Waals surface area contributed by atoms with Gasteiger partial charge >= 0.3 is 0 Å². The second-order valence-corrected chi connectivity index (χ2v) is 2.99. The zero-order chi connectivity index (χ0) is 10.1. The standard InChI is InChI=1S/C8H4ClF2N3/c9-5-2-1-4(7(10)8(5)11)6-3-12-14-13-6/h1-3H,(H,12,13,14). The molecule has 0 atom stereocenters. The van der Waals surface area contributed by atoms with Gasteiger partial charge in [0.15, 0.2) is 11.6 Å². The highest BCUT2D eigenvalue weighted by molar-refractivity contribution is 6.30. The van der Waals surface area contributed by atoms with Gasteiger partial charge in [-0.2, -0.15) is 15.4 Å². The first-order valence-electron chi connectivity index (χ1n) is 3.70. The zero-order valence-corrected chi connectivity index (χ0v) is 7.52. The summed E-state index contributed by atoms with van der Waals surface area (Å²) in [6.45, 7) is 0. The van der Waals surface area contributed by atoms with E-state index in [0.29, 0.717) is 0 Å². The van der Waals surface area contributed by atoms with E-state index in [1.165, 1.54) is 18.3 Å². The molecule has 1 aromatic carbocycles. The summed E-state index contributed by atoms with van der Waals surface area (Å²) in [5.74, 6) is -2.10. The van der Waals surface area contributed by atoms with Crippen molar-refractivity contribution in [1.82, 2.24) is 15.4 Å². The number of nitrogens with zero attached hydrogens (tertiary/aromatic N) is 2. The van der Waals surface area contributed by atoms with Gasteiger partial charge in [0, 0.05) is 5.56 Å². The molecule has 0 unspecified atom stereocenters. The molecule has 2 rings (SSSR count). The molecular formula is C8H4ClF2N3. The Kier molecular flexibility index (Phi) is 2.17. The summed E-state index contributed by atoms with van der Waals surface area (Å²) in [7, 11) is 0. The number of hydrogen-bond donors (Lipinski definition) is 1. The van der Waals surface area contributed by atoms with Gasteiger partial charge in [0.1, 0.15) is 5.69 Å². The highest BCUT2D eigenvalue weighted by Crippen LogP contribution is 2.26. The molecule has 2 aromatic rings. The van der Waals surface area contributed by atoms with Crippen LogP contribution in [0.2, 0.25) is 5.02 Å². The number of hydrogen-bond acceptors (Lipinski definition) is 2. The number of rotatable bonds is 1. The van der Waals surface area contributed by atoms with Crippen molar-refractivity contribution in [2.75, 3.05) is 0 Å². The molecule has 0 fully saturated rings. The topological polar surface area (TPSA) is 41.6 Å². The van der Waals surface area contributed by atoms with Crippen molar-refractivity contribution in [2.24, 2.45) is 0 Å². The molecule has 0 aliphatic rings. The lowest BCUT2D eigenvalue weighted by molar-refractivity contribution is 0.511. The van der Waals surface area contributed by atoms with E-state index in [4.69, 9.17) is 11.6 Å². The van der Waals surface area contributed by atoms with Crippen LogP contribution in [-0.2, 0) is 0 Å². The Bertz CT molecular complexity index is 456. The molecule has 3 nitrogen and oxygen atoms in total. The Morgan fingerprint density at radius 2 is 2.00 bits per heavy atom. The van der Waals surface area contributed by atoms with E-state index in [9.17, 15) is 8.78 Å². The molecular weight excluding hydrogens is 212 g/mol. The summed E-state index contributed by atoms with van der Waals surface area (Å²) >= 11 is 5.39. The molecule has 1 N–H and O–H groups in total. The van der Waals surface area contributed by atoms with Crippen LogP contribution in [0.1, 0.15) is 0 Å². The van der Waals surface area contributed by atoms with E-state index in [2.05, 4.69) is 15.4 Å². The third-order valence-electron chi connectivity index (χ3n) is 1.73. The van der Waals surface area contributed by atoms with Gasteiger partial charge in [-0.15, -0.1) is 0 Å². The third kappa shape index (κ3) is 1.35. The highest BCUT2D eigenvalue weighted by Gasteiger charge is 2.14. The van der Waals surface area contributed by atoms with Crippen molar-refractivity contribution in [3.05, 3.63) is 35.0 Å². The lowest BCUT2D eigenvalue weighted by atomic mass is 10.1. The first kappa shape index (κ1) is 9.08. The van der Waals surface area contributed by atoms with Gasteiger partial charge in [0.05, 0.1) is 11.2 Å². The molecule has 0 radical (unpaired) electrons. The van der Waals surface area contributed by atoms with E-state index in [-0.39, 0.29) is 16.3 Å². The maximum atomic E-state index is 13.3. The molecule has 72 valence electrons. The molecule has 0 amide bonds. The fourth-order valence-corrected chi connectivity index (χ4v) is 1.20. The predicted molar refractivity (Wildman–Crippen MR) is 46.7 cm³/mol. The molecule has 1 heterocycles. The van der Waals surface area contributed by atoms with Crippen LogP contribution in [0.3, 0.4) is 0 Å². The summed E-state index contributed by atoms with van der Waals surface area (Å²) in [5, 5.41) is 9.18. The predicted octanol–water partition coefficient (Wildman–Crippen LogP) is 2.40. The van der Waals surface area contributed by atoms with Crippen molar-refractivity contribution in [2.45, 2.75) is 0 Å². The third-order valence-corrected chi connectivity index (χ3v) is 2.02. The van der Waals surface area contributed by atoms with E-state index in [0.717, 1.165) is 0 Å². The Morgan fingerprint density at radius 1 is 1.21 bits per heavy atom. The van der Waals surface area contributed by atoms with Crippen molar-refractivity contribution in [1.29, 1.82) is 0 Å². The maximum Gasteiger partial charge on any atom is 0.178 e. The number of nitrogens with one attached hydrogen (secondary N) is 1. The highest BCUT2D eigenvalue weighted by atomic mass is 35.5. The van der Waals surface area contributed by atoms with Crippen molar-refractivity contribution in [3.8, 4) is 11.3 Å². The van der Waals surface area contributed by atoms with Crippen LogP contribution in [0.4, 0.5) is 8.78 Å². The Balaban J connectivity index is 2.61. The van der Waals surface area contributed by atoms with Crippen LogP contribution in [0.15, 0.2) is 18.3 Å². The van der Waals surface area contributed by atoms with Crippen LogP contribution < -0.4 is 0 Å². The molecule has 0 spiro atoms. The molecule has 0 aliphatic heterocycles. The summed E-state index contributed by atoms with van der Waals surface area (Å²) in [5.41, 5.74) is 0.263. The fourth-order valence-electron chi connectivity index (χ4n) is 1.06. The number of aromatic nitrogens is 3. The monoisotopic (exact) mass is 215 g/mol. The van der Waals surface area contributed by atoms with Gasteiger partial charge in [-0.25, -0.2) is 8.78 Å². The smallest absolute Gasteiger partial charge is 0.178 e. The van der Waals surface area contributed by atoms with Crippen LogP contribution in [-0.4, -0.2) is 15.4 Å². The van der Waals surface area contributed by atoms with Crippen LogP contribution >= 0.6 is 11.6 Å². The first-order chi connectivity index (χ1) is 6.70. The SMILES string of the molecule is Fc1c(Cl)ccc(-c2cn[nH]n2)c1F. The maximum absolute atomic E-state index is 13.3. The quantitative estimate of drug-likeness (QED) is 0.743. The first-order valence-corrected chi connectivity index (χ1v) is 4.07. The Morgan fingerprint density at radius 3 is 2.64 bits per heavy atom. The molecule has 0 saturated heterocycles. The average Bonchev–Trinajstić information content (AvgIpc) is 2.67. The van der Waals surface area contributed by atoms with Gasteiger partial charge in [0.2, 0.25) is 0 Å². The van der Waals surface area contributed by atoms with Crippen molar-refractivity contribution >= 4 is 11.6 Å². The van der Waals surface area contributed by atoms with E-state index in [1.807, 2.05) is 0 Å². The summed E-state index contributed by atoms with van der Waals surface area (Å²) in [6, 6.07) is 2.61. The van der Waals surface area contributed by atoms with Crippen LogP contribution in [0, 0.1) is 11.6 Å². The fraction of sp³-hybridized carbons (Fsp3) is 0. The van der Waals surface area contributed by atoms with E-state index < -0.39 is 11.6 Å².